The fourth-order valence-electron chi connectivity index (χ4n) is 2.25. The highest BCUT2D eigenvalue weighted by Crippen LogP contribution is 2.23. The van der Waals surface area contributed by atoms with E-state index >= 15 is 0 Å². The third-order valence-electron chi connectivity index (χ3n) is 3.67. The molecule has 0 atom stereocenters. The number of carbonyl (C=O) groups excluding carboxylic acids is 1. The predicted octanol–water partition coefficient (Wildman–Crippen LogP) is 2.40. The zero-order valence-corrected chi connectivity index (χ0v) is 15.0. The number of esters is 1. The molecule has 0 aliphatic heterocycles. The summed E-state index contributed by atoms with van der Waals surface area (Å²) in [5, 5.41) is 8.77. The van der Waals surface area contributed by atoms with Gasteiger partial charge >= 0.3 is 5.97 Å². The van der Waals surface area contributed by atoms with Crippen LogP contribution in [0.4, 0.5) is 0 Å². The van der Waals surface area contributed by atoms with Gasteiger partial charge in [-0.25, -0.2) is 8.42 Å². The average molecular weight is 358 g/mol. The maximum atomic E-state index is 12.5. The number of sulfonamides is 1. The highest BCUT2D eigenvalue weighted by Gasteiger charge is 2.24. The van der Waals surface area contributed by atoms with Gasteiger partial charge in [0.2, 0.25) is 10.0 Å². The van der Waals surface area contributed by atoms with E-state index in [4.69, 9.17) is 10.00 Å². The monoisotopic (exact) mass is 358 g/mol. The normalized spacial score (nSPS) is 11.2. The molecule has 0 fully saturated rings. The largest absolute Gasteiger partial charge is 0.425 e. The molecule has 0 aliphatic rings. The van der Waals surface area contributed by atoms with Crippen LogP contribution in [0.5, 0.6) is 5.75 Å². The van der Waals surface area contributed by atoms with Gasteiger partial charge in [-0.05, 0) is 49.2 Å². The molecule has 0 N–H and O–H groups in total. The Kier molecular flexibility index (Phi) is 5.57. The van der Waals surface area contributed by atoms with Gasteiger partial charge in [0.15, 0.2) is 0 Å². The minimum absolute atomic E-state index is 0.00822. The molecule has 0 bridgehead atoms. The quantitative estimate of drug-likeness (QED) is 0.605. The minimum Gasteiger partial charge on any atom is -0.425 e. The van der Waals surface area contributed by atoms with Crippen LogP contribution in [0.15, 0.2) is 47.4 Å². The zero-order valence-electron chi connectivity index (χ0n) is 14.2. The summed E-state index contributed by atoms with van der Waals surface area (Å²) < 4.78 is 31.2. The minimum atomic E-state index is -3.85. The third kappa shape index (κ3) is 4.24. The van der Waals surface area contributed by atoms with Crippen molar-refractivity contribution in [2.75, 3.05) is 13.6 Å². The van der Waals surface area contributed by atoms with E-state index in [-0.39, 0.29) is 4.90 Å². The second kappa shape index (κ2) is 7.47. The average Bonchev–Trinajstić information content (AvgIpc) is 2.58. The predicted molar refractivity (Wildman–Crippen MR) is 92.5 cm³/mol. The van der Waals surface area contributed by atoms with Crippen molar-refractivity contribution in [3.63, 3.8) is 0 Å². The highest BCUT2D eigenvalue weighted by atomic mass is 32.2. The number of rotatable bonds is 5. The number of hydrogen-bond donors (Lipinski definition) is 0. The van der Waals surface area contributed by atoms with Crippen LogP contribution in [-0.2, 0) is 14.8 Å². The third-order valence-corrected chi connectivity index (χ3v) is 5.49. The number of hydrogen-bond acceptors (Lipinski definition) is 5. The van der Waals surface area contributed by atoms with Crippen LogP contribution in [0.2, 0.25) is 0 Å². The molecule has 7 heteroatoms. The summed E-state index contributed by atoms with van der Waals surface area (Å²) >= 11 is 0. The van der Waals surface area contributed by atoms with E-state index in [1.807, 2.05) is 38.1 Å². The van der Waals surface area contributed by atoms with Gasteiger partial charge in [0.05, 0.1) is 16.5 Å². The lowest BCUT2D eigenvalue weighted by Crippen LogP contribution is -2.34. The molecule has 0 heterocycles. The summed E-state index contributed by atoms with van der Waals surface area (Å²) in [6.07, 6.45) is 0. The summed E-state index contributed by atoms with van der Waals surface area (Å²) in [7, 11) is -2.54. The van der Waals surface area contributed by atoms with Crippen molar-refractivity contribution in [1.29, 1.82) is 5.26 Å². The molecule has 0 aliphatic carbocycles. The first-order valence-electron chi connectivity index (χ1n) is 7.49. The fourth-order valence-corrected chi connectivity index (χ4v) is 3.37. The van der Waals surface area contributed by atoms with Gasteiger partial charge < -0.3 is 4.74 Å². The Hall–Kier alpha value is -2.69. The Morgan fingerprint density at radius 1 is 1.12 bits per heavy atom. The summed E-state index contributed by atoms with van der Waals surface area (Å²) in [4.78, 5) is 12.1. The van der Waals surface area contributed by atoms with E-state index in [0.29, 0.717) is 11.3 Å². The van der Waals surface area contributed by atoms with Crippen LogP contribution in [-0.4, -0.2) is 32.3 Å². The first kappa shape index (κ1) is 18.6. The number of benzene rings is 2. The summed E-state index contributed by atoms with van der Waals surface area (Å²) in [6.45, 7) is 3.20. The molecular weight excluding hydrogens is 340 g/mol. The van der Waals surface area contributed by atoms with Crippen LogP contribution >= 0.6 is 0 Å². The Morgan fingerprint density at radius 2 is 1.68 bits per heavy atom. The van der Waals surface area contributed by atoms with Gasteiger partial charge in [-0.2, -0.15) is 9.57 Å². The molecule has 130 valence electrons. The number of likely N-dealkylation sites (N-methyl/N-ethyl adjacent to an activating group) is 1. The van der Waals surface area contributed by atoms with Crippen molar-refractivity contribution in [1.82, 2.24) is 4.31 Å². The molecule has 2 aromatic rings. The number of nitriles is 1. The second-order valence-electron chi connectivity index (χ2n) is 5.59. The maximum Gasteiger partial charge on any atom is 0.326 e. The second-order valence-corrected chi connectivity index (χ2v) is 7.64. The lowest BCUT2D eigenvalue weighted by Gasteiger charge is -2.17. The number of ether oxygens (including phenoxy) is 1. The van der Waals surface area contributed by atoms with Gasteiger partial charge in [-0.1, -0.05) is 18.2 Å². The number of aryl methyl sites for hydroxylation is 2. The van der Waals surface area contributed by atoms with Crippen LogP contribution < -0.4 is 4.74 Å². The molecule has 0 saturated heterocycles. The molecule has 0 saturated carbocycles. The Morgan fingerprint density at radius 3 is 2.20 bits per heavy atom. The van der Waals surface area contributed by atoms with Crippen molar-refractivity contribution in [3.05, 3.63) is 59.2 Å². The number of para-hydroxylation sites is 1. The molecule has 6 nitrogen and oxygen atoms in total. The van der Waals surface area contributed by atoms with E-state index in [1.165, 1.54) is 31.3 Å². The lowest BCUT2D eigenvalue weighted by atomic mass is 10.1. The first-order valence-corrected chi connectivity index (χ1v) is 8.93. The van der Waals surface area contributed by atoms with Crippen molar-refractivity contribution in [2.45, 2.75) is 18.7 Å². The van der Waals surface area contributed by atoms with Crippen LogP contribution in [0.1, 0.15) is 16.7 Å². The Labute approximate surface area is 147 Å². The standard InChI is InChI=1S/C18H18N2O4S/c1-13-5-4-6-14(2)18(13)24-17(21)12-20(3)25(22,23)16-9-7-15(11-19)8-10-16/h4-10H,12H2,1-3H3. The van der Waals surface area contributed by atoms with Crippen molar-refractivity contribution in [3.8, 4) is 11.8 Å². The van der Waals surface area contributed by atoms with Crippen LogP contribution in [0, 0.1) is 25.2 Å². The summed E-state index contributed by atoms with van der Waals surface area (Å²) in [5.41, 5.74) is 1.95. The maximum absolute atomic E-state index is 12.5. The first-order chi connectivity index (χ1) is 11.8. The van der Waals surface area contributed by atoms with Crippen LogP contribution in [0.3, 0.4) is 0 Å². The van der Waals surface area contributed by atoms with Crippen molar-refractivity contribution in [2.24, 2.45) is 0 Å². The van der Waals surface area contributed by atoms with Crippen molar-refractivity contribution < 1.29 is 17.9 Å². The molecule has 0 unspecified atom stereocenters. The molecular formula is C18H18N2O4S. The topological polar surface area (TPSA) is 87.5 Å². The molecule has 25 heavy (non-hydrogen) atoms. The molecule has 0 aromatic heterocycles. The van der Waals surface area contributed by atoms with Gasteiger partial charge in [0.25, 0.3) is 0 Å². The Balaban J connectivity index is 2.13. The SMILES string of the molecule is Cc1cccc(C)c1OC(=O)CN(C)S(=O)(=O)c1ccc(C#N)cc1. The fraction of sp³-hybridized carbons (Fsp3) is 0.222. The molecule has 0 spiro atoms. The van der Waals surface area contributed by atoms with E-state index in [1.54, 1.807) is 0 Å². The van der Waals surface area contributed by atoms with Crippen LogP contribution in [0.25, 0.3) is 0 Å². The van der Waals surface area contributed by atoms with E-state index in [9.17, 15) is 13.2 Å². The van der Waals surface area contributed by atoms with Gasteiger partial charge in [0.1, 0.15) is 12.3 Å². The highest BCUT2D eigenvalue weighted by molar-refractivity contribution is 7.89. The van der Waals surface area contributed by atoms with E-state index in [0.717, 1.165) is 15.4 Å². The number of nitrogens with zero attached hydrogens (tertiary/aromatic N) is 2. The molecule has 0 radical (unpaired) electrons. The molecule has 2 rings (SSSR count). The molecule has 0 amide bonds. The summed E-state index contributed by atoms with van der Waals surface area (Å²) in [5.74, 6) is -0.228. The molecule has 2 aromatic carbocycles. The van der Waals surface area contributed by atoms with E-state index in [2.05, 4.69) is 0 Å². The van der Waals surface area contributed by atoms with E-state index < -0.39 is 22.5 Å². The van der Waals surface area contributed by atoms with Gasteiger partial charge in [-0.3, -0.25) is 4.79 Å². The summed E-state index contributed by atoms with van der Waals surface area (Å²) in [6, 6.07) is 12.9. The smallest absolute Gasteiger partial charge is 0.326 e. The van der Waals surface area contributed by atoms with Gasteiger partial charge in [-0.15, -0.1) is 0 Å². The lowest BCUT2D eigenvalue weighted by molar-refractivity contribution is -0.134. The van der Waals surface area contributed by atoms with Crippen molar-refractivity contribution >= 4 is 16.0 Å². The number of carbonyl (C=O) groups is 1. The Bertz CT molecular complexity index is 908. The van der Waals surface area contributed by atoms with Gasteiger partial charge in [0, 0.05) is 7.05 Å². The zero-order chi connectivity index (χ0) is 18.6.